The zero-order valence-electron chi connectivity index (χ0n) is 41.3. The number of carbonyl (C=O) groups is 4. The van der Waals surface area contributed by atoms with Gasteiger partial charge in [-0.1, -0.05) is 77.1 Å². The van der Waals surface area contributed by atoms with E-state index >= 15 is 0 Å². The van der Waals surface area contributed by atoms with E-state index in [2.05, 4.69) is 66.7 Å². The third-order valence-corrected chi connectivity index (χ3v) is 16.0. The van der Waals surface area contributed by atoms with Gasteiger partial charge in [-0.25, -0.2) is 0 Å². The van der Waals surface area contributed by atoms with Crippen molar-refractivity contribution in [2.24, 2.45) is 51.5 Å². The number of carbonyl (C=O) groups excluding carboxylic acids is 4. The van der Waals surface area contributed by atoms with Crippen molar-refractivity contribution in [2.45, 2.75) is 137 Å². The Hall–Kier alpha value is -4.59. The van der Waals surface area contributed by atoms with Gasteiger partial charge in [0.1, 0.15) is 6.61 Å². The molecule has 9 atom stereocenters. The molecule has 68 heavy (non-hydrogen) atoms. The number of aliphatic hydroxyl groups is 1. The summed E-state index contributed by atoms with van der Waals surface area (Å²) >= 11 is 0. The van der Waals surface area contributed by atoms with Crippen LogP contribution >= 0.6 is 0 Å². The summed E-state index contributed by atoms with van der Waals surface area (Å²) in [6.07, 6.45) is 16.9. The molecule has 0 heterocycles. The number of ether oxygens (including phenoxy) is 3. The summed E-state index contributed by atoms with van der Waals surface area (Å²) in [5, 5.41) is 22.3. The van der Waals surface area contributed by atoms with E-state index in [-0.39, 0.29) is 80.6 Å². The van der Waals surface area contributed by atoms with Crippen LogP contribution in [0.2, 0.25) is 0 Å². The number of nitrogens with one attached hydrogen (secondary N) is 3. The number of amides is 3. The highest BCUT2D eigenvalue weighted by Gasteiger charge is 2.61. The Kier molecular flexibility index (Phi) is 19.7. The third-order valence-electron chi connectivity index (χ3n) is 16.0. The van der Waals surface area contributed by atoms with Gasteiger partial charge >= 0.3 is 0 Å². The Balaban J connectivity index is 0.889. The lowest BCUT2D eigenvalue weighted by Gasteiger charge is -2.60. The molecule has 6 rings (SSSR count). The van der Waals surface area contributed by atoms with Gasteiger partial charge in [-0.2, -0.15) is 0 Å². The molecule has 0 bridgehead atoms. The zero-order chi connectivity index (χ0) is 48.7. The SMILES string of the molecule is CC(C)CCC[C@@H](C)[C@H]1CC[C@H]2[C@@H]3[C@H](OCCCCCC(=O)NCC(=O)Nc4ccc(C(=O)c5ccc(NC(=O)COCCOCCN=[N+]=[N-])cc5)cc4)C=C4C[C@@H](O)CC[C@]4(C)[C@H]3CC[C@]12C. The van der Waals surface area contributed by atoms with E-state index in [4.69, 9.17) is 19.7 Å². The third kappa shape index (κ3) is 14.0. The fourth-order valence-corrected chi connectivity index (χ4v) is 12.4. The molecule has 3 saturated carbocycles. The highest BCUT2D eigenvalue weighted by molar-refractivity contribution is 6.09. The number of ketones is 1. The first-order chi connectivity index (χ1) is 32.7. The maximum atomic E-state index is 13.1. The molecule has 0 spiro atoms. The van der Waals surface area contributed by atoms with Crippen molar-refractivity contribution in [3.63, 3.8) is 0 Å². The molecule has 3 fully saturated rings. The molecule has 0 aliphatic heterocycles. The Morgan fingerprint density at radius 3 is 2.16 bits per heavy atom. The summed E-state index contributed by atoms with van der Waals surface area (Å²) in [5.74, 6) is 2.92. The number of unbranched alkanes of at least 4 members (excludes halogenated alkanes) is 2. The molecule has 0 unspecified atom stereocenters. The maximum absolute atomic E-state index is 13.1. The molecule has 4 aliphatic rings. The first kappa shape index (κ1) is 52.8. The van der Waals surface area contributed by atoms with Crippen LogP contribution in [0, 0.1) is 46.3 Å². The second kappa shape index (κ2) is 25.3. The predicted molar refractivity (Wildman–Crippen MR) is 265 cm³/mol. The smallest absolute Gasteiger partial charge is 0.250 e. The van der Waals surface area contributed by atoms with Gasteiger partial charge in [0.25, 0.3) is 0 Å². The Morgan fingerprint density at radius 1 is 0.779 bits per heavy atom. The van der Waals surface area contributed by atoms with Crippen molar-refractivity contribution in [1.82, 2.24) is 5.32 Å². The van der Waals surface area contributed by atoms with Crippen molar-refractivity contribution in [1.29, 1.82) is 0 Å². The molecule has 2 aromatic carbocycles. The van der Waals surface area contributed by atoms with Gasteiger partial charge in [0.2, 0.25) is 17.7 Å². The summed E-state index contributed by atoms with van der Waals surface area (Å²) in [6, 6.07) is 13.0. The number of hydrogen-bond donors (Lipinski definition) is 4. The highest BCUT2D eigenvalue weighted by Crippen LogP contribution is 2.67. The van der Waals surface area contributed by atoms with E-state index in [1.165, 1.54) is 50.5 Å². The molecular weight excluding hydrogens is 861 g/mol. The fraction of sp³-hybridized carbons (Fsp3) is 0.667. The van der Waals surface area contributed by atoms with Gasteiger partial charge in [-0.15, -0.1) is 0 Å². The van der Waals surface area contributed by atoms with Crippen LogP contribution in [0.15, 0.2) is 65.3 Å². The minimum absolute atomic E-state index is 0.0704. The number of anilines is 2. The second-order valence-corrected chi connectivity index (χ2v) is 20.9. The molecule has 0 aromatic heterocycles. The van der Waals surface area contributed by atoms with Crippen LogP contribution in [-0.4, -0.2) is 86.9 Å². The Labute approximate surface area is 404 Å². The monoisotopic (exact) mass is 939 g/mol. The lowest BCUT2D eigenvalue weighted by molar-refractivity contribution is -0.124. The predicted octanol–water partition coefficient (Wildman–Crippen LogP) is 10.2. The topological polar surface area (TPSA) is 201 Å². The summed E-state index contributed by atoms with van der Waals surface area (Å²) in [4.78, 5) is 53.4. The van der Waals surface area contributed by atoms with E-state index in [1.807, 2.05) is 0 Å². The van der Waals surface area contributed by atoms with E-state index < -0.39 is 0 Å². The zero-order valence-corrected chi connectivity index (χ0v) is 41.3. The van der Waals surface area contributed by atoms with Crippen LogP contribution in [0.25, 0.3) is 10.4 Å². The number of azide groups is 1. The van der Waals surface area contributed by atoms with Gasteiger partial charge in [0, 0.05) is 47.0 Å². The largest absolute Gasteiger partial charge is 0.393 e. The van der Waals surface area contributed by atoms with Crippen LogP contribution in [0.5, 0.6) is 0 Å². The van der Waals surface area contributed by atoms with E-state index in [9.17, 15) is 24.3 Å². The Bertz CT molecular complexity index is 2070. The summed E-state index contributed by atoms with van der Waals surface area (Å²) < 4.78 is 17.4. The van der Waals surface area contributed by atoms with Crippen molar-refractivity contribution < 1.29 is 38.5 Å². The van der Waals surface area contributed by atoms with Gasteiger partial charge < -0.3 is 35.3 Å². The number of nitrogens with zero attached hydrogens (tertiary/aromatic N) is 3. The van der Waals surface area contributed by atoms with Gasteiger partial charge in [-0.3, -0.25) is 19.2 Å². The highest BCUT2D eigenvalue weighted by atomic mass is 16.5. The van der Waals surface area contributed by atoms with E-state index in [0.29, 0.717) is 65.1 Å². The minimum atomic E-state index is -0.362. The Morgan fingerprint density at radius 2 is 1.47 bits per heavy atom. The molecule has 14 heteroatoms. The lowest BCUT2D eigenvalue weighted by atomic mass is 9.46. The second-order valence-electron chi connectivity index (χ2n) is 20.9. The van der Waals surface area contributed by atoms with Gasteiger partial charge in [0.15, 0.2) is 5.78 Å². The standard InChI is InChI=1S/C54H78N6O8/c1-36(2)10-9-11-37(3)44-21-22-45-51-46(24-26-54(44,45)5)53(4)25-23-43(61)32-40(53)33-47(51)68-28-8-6-7-12-48(62)56-34-49(63)58-41-17-13-38(14-18-41)52(65)39-15-19-42(20-16-39)59-50(64)35-67-31-30-66-29-27-57-60-55/h13-20,33,36-37,43-47,51,61H,6-12,21-32,34-35H2,1-5H3,(H,56,62)(H,58,63)(H,59,64)/t37-,43+,44-,45+,46+,47-,51+,53+,54-/m1/s1. The normalized spacial score (nSPS) is 26.6. The number of aliphatic hydroxyl groups excluding tert-OH is 1. The average Bonchev–Trinajstić information content (AvgIpc) is 3.68. The summed E-state index contributed by atoms with van der Waals surface area (Å²) in [6.45, 7) is 13.6. The van der Waals surface area contributed by atoms with Crippen LogP contribution in [0.3, 0.4) is 0 Å². The lowest BCUT2D eigenvalue weighted by Crippen LogP contribution is -2.55. The van der Waals surface area contributed by atoms with Crippen molar-refractivity contribution in [2.75, 3.05) is 56.8 Å². The molecule has 4 N–H and O–H groups in total. The molecule has 4 aliphatic carbocycles. The van der Waals surface area contributed by atoms with Crippen LogP contribution in [0.4, 0.5) is 11.4 Å². The van der Waals surface area contributed by atoms with Crippen molar-refractivity contribution in [3.8, 4) is 0 Å². The first-order valence-corrected chi connectivity index (χ1v) is 25.5. The van der Waals surface area contributed by atoms with Crippen molar-refractivity contribution >= 4 is 34.9 Å². The van der Waals surface area contributed by atoms with Crippen LogP contribution in [0.1, 0.15) is 140 Å². The van der Waals surface area contributed by atoms with Crippen LogP contribution in [-0.2, 0) is 28.6 Å². The maximum Gasteiger partial charge on any atom is 0.250 e. The molecule has 0 radical (unpaired) electrons. The number of rotatable bonds is 26. The summed E-state index contributed by atoms with van der Waals surface area (Å²) in [7, 11) is 0. The fourth-order valence-electron chi connectivity index (χ4n) is 12.4. The number of hydrogen-bond acceptors (Lipinski definition) is 9. The summed E-state index contributed by atoms with van der Waals surface area (Å²) in [5.41, 5.74) is 12.0. The molecule has 14 nitrogen and oxygen atoms in total. The molecule has 3 amide bonds. The van der Waals surface area contributed by atoms with Crippen molar-refractivity contribution in [3.05, 3.63) is 81.7 Å². The molecular formula is C54H78N6O8. The molecule has 0 saturated heterocycles. The minimum Gasteiger partial charge on any atom is -0.393 e. The quantitative estimate of drug-likeness (QED) is 0.0178. The van der Waals surface area contributed by atoms with Crippen LogP contribution < -0.4 is 16.0 Å². The van der Waals surface area contributed by atoms with E-state index in [1.54, 1.807) is 48.5 Å². The molecule has 372 valence electrons. The van der Waals surface area contributed by atoms with Gasteiger partial charge in [0.05, 0.1) is 38.6 Å². The number of fused-ring (bicyclic) bond motifs is 5. The average molecular weight is 939 g/mol. The van der Waals surface area contributed by atoms with E-state index in [0.717, 1.165) is 49.9 Å². The first-order valence-electron chi connectivity index (χ1n) is 25.5. The number of benzene rings is 2. The molecule has 2 aromatic rings. The van der Waals surface area contributed by atoms with Gasteiger partial charge in [-0.05, 0) is 158 Å².